The summed E-state index contributed by atoms with van der Waals surface area (Å²) in [5, 5.41) is 0.765. The molecule has 0 fully saturated rings. The number of H-pyrrole nitrogens is 1. The first-order chi connectivity index (χ1) is 15.7. The molecule has 0 saturated carbocycles. The lowest BCUT2D eigenvalue weighted by atomic mass is 9.97. The summed E-state index contributed by atoms with van der Waals surface area (Å²) in [5.41, 5.74) is 2.79. The van der Waals surface area contributed by atoms with E-state index in [0.717, 1.165) is 40.6 Å². The number of aromatic amines is 1. The van der Waals surface area contributed by atoms with Crippen LogP contribution in [0.2, 0.25) is 0 Å². The summed E-state index contributed by atoms with van der Waals surface area (Å²) in [6, 6.07) is 13.2. The minimum Gasteiger partial charge on any atom is -0.496 e. The number of nitrogens with zero attached hydrogens (tertiary/aromatic N) is 1. The first-order valence-electron chi connectivity index (χ1n) is 10.7. The number of para-hydroxylation sites is 2. The minimum absolute atomic E-state index is 0.0629. The quantitative estimate of drug-likeness (QED) is 0.443. The molecule has 0 atom stereocenters. The first kappa shape index (κ1) is 20.6. The van der Waals surface area contributed by atoms with Crippen LogP contribution >= 0.6 is 11.3 Å². The van der Waals surface area contributed by atoms with Gasteiger partial charge in [-0.05, 0) is 61.6 Å². The standard InChI is InChI=1S/C25H24N2O4S/c1-29-18-12-11-15(13-16(18)14-31-20-9-5-4-8-19(20)30-2)23-26-24(28)22-17-7-3-6-10-21(17)32-25(22)27-23/h4-5,8-9,11-13H,3,6-7,10,14H2,1-2H3,(H,26,27,28). The lowest BCUT2D eigenvalue weighted by molar-refractivity contribution is 0.278. The lowest BCUT2D eigenvalue weighted by Crippen LogP contribution is -2.11. The molecule has 2 aromatic heterocycles. The van der Waals surface area contributed by atoms with E-state index in [4.69, 9.17) is 19.2 Å². The Labute approximate surface area is 189 Å². The maximum atomic E-state index is 12.9. The number of nitrogens with one attached hydrogen (secondary N) is 1. The van der Waals surface area contributed by atoms with E-state index in [9.17, 15) is 4.79 Å². The van der Waals surface area contributed by atoms with Crippen molar-refractivity contribution in [2.75, 3.05) is 14.2 Å². The zero-order valence-corrected chi connectivity index (χ0v) is 18.9. The number of fused-ring (bicyclic) bond motifs is 3. The Hall–Kier alpha value is -3.32. The number of rotatable bonds is 6. The molecule has 2 heterocycles. The van der Waals surface area contributed by atoms with Crippen LogP contribution in [0.25, 0.3) is 21.6 Å². The van der Waals surface area contributed by atoms with Gasteiger partial charge in [-0.15, -0.1) is 11.3 Å². The second-order valence-electron chi connectivity index (χ2n) is 7.77. The summed E-state index contributed by atoms with van der Waals surface area (Å²) in [5.74, 6) is 2.58. The fraction of sp³-hybridized carbons (Fsp3) is 0.280. The average molecular weight is 449 g/mol. The van der Waals surface area contributed by atoms with Crippen LogP contribution < -0.4 is 19.8 Å². The highest BCUT2D eigenvalue weighted by molar-refractivity contribution is 7.18. The molecule has 1 aliphatic carbocycles. The van der Waals surface area contributed by atoms with Crippen LogP contribution in [-0.4, -0.2) is 24.2 Å². The number of aromatic nitrogens is 2. The van der Waals surface area contributed by atoms with E-state index in [-0.39, 0.29) is 12.2 Å². The molecule has 7 heteroatoms. The van der Waals surface area contributed by atoms with Gasteiger partial charge in [-0.1, -0.05) is 12.1 Å². The van der Waals surface area contributed by atoms with E-state index in [1.165, 1.54) is 16.9 Å². The summed E-state index contributed by atoms with van der Waals surface area (Å²) in [6.45, 7) is 0.289. The second kappa shape index (κ2) is 8.67. The molecule has 0 radical (unpaired) electrons. The second-order valence-corrected chi connectivity index (χ2v) is 8.86. The monoisotopic (exact) mass is 448 g/mol. The van der Waals surface area contributed by atoms with Gasteiger partial charge in [-0.25, -0.2) is 4.98 Å². The molecule has 0 spiro atoms. The first-order valence-corrected chi connectivity index (χ1v) is 11.5. The van der Waals surface area contributed by atoms with Crippen molar-refractivity contribution in [2.45, 2.75) is 32.3 Å². The van der Waals surface area contributed by atoms with E-state index in [1.54, 1.807) is 25.6 Å². The molecule has 0 saturated heterocycles. The third-order valence-corrected chi connectivity index (χ3v) is 7.02. The van der Waals surface area contributed by atoms with Crippen molar-refractivity contribution in [2.24, 2.45) is 0 Å². The van der Waals surface area contributed by atoms with Gasteiger partial charge in [-0.3, -0.25) is 4.79 Å². The largest absolute Gasteiger partial charge is 0.496 e. The van der Waals surface area contributed by atoms with Gasteiger partial charge >= 0.3 is 0 Å². The van der Waals surface area contributed by atoms with Gasteiger partial charge in [0.05, 0.1) is 19.6 Å². The molecule has 4 aromatic rings. The van der Waals surface area contributed by atoms with Crippen molar-refractivity contribution < 1.29 is 14.2 Å². The number of methoxy groups -OCH3 is 2. The topological polar surface area (TPSA) is 73.4 Å². The van der Waals surface area contributed by atoms with Crippen molar-refractivity contribution in [1.82, 2.24) is 9.97 Å². The molecule has 6 nitrogen and oxygen atoms in total. The van der Waals surface area contributed by atoms with E-state index >= 15 is 0 Å². The van der Waals surface area contributed by atoms with E-state index in [0.29, 0.717) is 23.1 Å². The molecule has 32 heavy (non-hydrogen) atoms. The molecule has 0 amide bonds. The third-order valence-electron chi connectivity index (χ3n) is 5.83. The predicted octanol–water partition coefficient (Wildman–Crippen LogP) is 5.13. The van der Waals surface area contributed by atoms with Crippen molar-refractivity contribution >= 4 is 21.6 Å². The number of thiophene rings is 1. The van der Waals surface area contributed by atoms with Gasteiger partial charge in [0.15, 0.2) is 11.5 Å². The Morgan fingerprint density at radius 2 is 1.78 bits per heavy atom. The molecule has 1 N–H and O–H groups in total. The fourth-order valence-corrected chi connectivity index (χ4v) is 5.49. The molecule has 0 bridgehead atoms. The summed E-state index contributed by atoms with van der Waals surface area (Å²) in [7, 11) is 3.24. The highest BCUT2D eigenvalue weighted by atomic mass is 32.1. The number of hydrogen-bond donors (Lipinski definition) is 1. The molecule has 0 unspecified atom stereocenters. The SMILES string of the molecule is COc1ccc(-c2nc3sc4c(c3c(=O)[nH]2)CCCC4)cc1COc1ccccc1OC. The van der Waals surface area contributed by atoms with Crippen LogP contribution in [0, 0.1) is 0 Å². The Balaban J connectivity index is 1.50. The van der Waals surface area contributed by atoms with Gasteiger partial charge < -0.3 is 19.2 Å². The van der Waals surface area contributed by atoms with E-state index < -0.39 is 0 Å². The van der Waals surface area contributed by atoms with Crippen molar-refractivity contribution in [1.29, 1.82) is 0 Å². The molecule has 0 aliphatic heterocycles. The van der Waals surface area contributed by atoms with Crippen LogP contribution in [0.15, 0.2) is 47.3 Å². The maximum Gasteiger partial charge on any atom is 0.260 e. The number of benzene rings is 2. The molecule has 2 aromatic carbocycles. The van der Waals surface area contributed by atoms with Crippen LogP contribution in [0.1, 0.15) is 28.8 Å². The Morgan fingerprint density at radius 1 is 1.00 bits per heavy atom. The normalized spacial score (nSPS) is 13.1. The summed E-state index contributed by atoms with van der Waals surface area (Å²) in [6.07, 6.45) is 4.32. The van der Waals surface area contributed by atoms with Crippen LogP contribution in [-0.2, 0) is 19.4 Å². The molecular weight excluding hydrogens is 424 g/mol. The van der Waals surface area contributed by atoms with Crippen molar-refractivity contribution in [3.63, 3.8) is 0 Å². The van der Waals surface area contributed by atoms with Gasteiger partial charge in [-0.2, -0.15) is 0 Å². The smallest absolute Gasteiger partial charge is 0.260 e. The van der Waals surface area contributed by atoms with E-state index in [2.05, 4.69) is 4.98 Å². The molecule has 164 valence electrons. The van der Waals surface area contributed by atoms with E-state index in [1.807, 2.05) is 42.5 Å². The van der Waals surface area contributed by atoms with Gasteiger partial charge in [0.2, 0.25) is 0 Å². The molecule has 5 rings (SSSR count). The Bertz CT molecular complexity index is 1340. The third kappa shape index (κ3) is 3.73. The van der Waals surface area contributed by atoms with Crippen molar-refractivity contribution in [3.8, 4) is 28.6 Å². The summed E-state index contributed by atoms with van der Waals surface area (Å²) in [4.78, 5) is 22.9. The Kier molecular flexibility index (Phi) is 5.57. The zero-order chi connectivity index (χ0) is 22.1. The maximum absolute atomic E-state index is 12.9. The average Bonchev–Trinajstić information content (AvgIpc) is 3.21. The van der Waals surface area contributed by atoms with Gasteiger partial charge in [0.25, 0.3) is 5.56 Å². The highest BCUT2D eigenvalue weighted by Gasteiger charge is 2.20. The predicted molar refractivity (Wildman–Crippen MR) is 126 cm³/mol. The van der Waals surface area contributed by atoms with Crippen LogP contribution in [0.3, 0.4) is 0 Å². The van der Waals surface area contributed by atoms with Gasteiger partial charge in [0, 0.05) is 16.0 Å². The fourth-order valence-electron chi connectivity index (χ4n) is 4.23. The van der Waals surface area contributed by atoms with Gasteiger partial charge in [0.1, 0.15) is 23.0 Å². The number of ether oxygens (including phenoxy) is 3. The summed E-state index contributed by atoms with van der Waals surface area (Å²) < 4.78 is 16.9. The lowest BCUT2D eigenvalue weighted by Gasteiger charge is -2.14. The van der Waals surface area contributed by atoms with Crippen LogP contribution in [0.4, 0.5) is 0 Å². The van der Waals surface area contributed by atoms with Crippen molar-refractivity contribution in [3.05, 3.63) is 68.8 Å². The Morgan fingerprint density at radius 3 is 2.59 bits per heavy atom. The zero-order valence-electron chi connectivity index (χ0n) is 18.1. The number of aryl methyl sites for hydroxylation is 2. The molecule has 1 aliphatic rings. The molecular formula is C25H24N2O4S. The number of hydrogen-bond acceptors (Lipinski definition) is 6. The highest BCUT2D eigenvalue weighted by Crippen LogP contribution is 2.35. The summed E-state index contributed by atoms with van der Waals surface area (Å²) >= 11 is 1.65. The minimum atomic E-state index is -0.0629. The van der Waals surface area contributed by atoms with Crippen LogP contribution in [0.5, 0.6) is 17.2 Å².